The maximum Gasteiger partial charge on any atom is 0.240 e. The van der Waals surface area contributed by atoms with Gasteiger partial charge in [0.1, 0.15) is 0 Å². The Balaban J connectivity index is 2.35. The predicted molar refractivity (Wildman–Crippen MR) is 80.7 cm³/mol. The molecule has 1 aromatic carbocycles. The van der Waals surface area contributed by atoms with Crippen molar-refractivity contribution in [2.24, 2.45) is 0 Å². The Morgan fingerprint density at radius 2 is 2.20 bits per heavy atom. The highest BCUT2D eigenvalue weighted by molar-refractivity contribution is 7.99. The third-order valence-electron chi connectivity index (χ3n) is 3.03. The van der Waals surface area contributed by atoms with Crippen LogP contribution in [0.15, 0.2) is 28.0 Å². The van der Waals surface area contributed by atoms with Crippen LogP contribution in [0, 0.1) is 0 Å². The molecule has 1 aromatic rings. The number of benzene rings is 1. The van der Waals surface area contributed by atoms with Crippen molar-refractivity contribution in [2.75, 3.05) is 23.7 Å². The van der Waals surface area contributed by atoms with E-state index in [9.17, 15) is 13.2 Å². The second kappa shape index (κ2) is 6.15. The minimum Gasteiger partial charge on any atom is -0.311 e. The quantitative estimate of drug-likeness (QED) is 0.921. The zero-order chi connectivity index (χ0) is 14.8. The van der Waals surface area contributed by atoms with Crippen molar-refractivity contribution >= 4 is 33.4 Å². The number of nitrogens with zero attached hydrogens (tertiary/aromatic N) is 1. The van der Waals surface area contributed by atoms with Crippen LogP contribution in [-0.4, -0.2) is 33.2 Å². The van der Waals surface area contributed by atoms with Gasteiger partial charge in [0.15, 0.2) is 0 Å². The minimum absolute atomic E-state index is 0.0220. The molecular formula is C13H18N2O3S2. The first-order valence-electron chi connectivity index (χ1n) is 6.50. The van der Waals surface area contributed by atoms with E-state index in [4.69, 9.17) is 0 Å². The van der Waals surface area contributed by atoms with E-state index < -0.39 is 10.0 Å². The summed E-state index contributed by atoms with van der Waals surface area (Å²) in [6.45, 7) is 4.52. The average molecular weight is 314 g/mol. The SMILES string of the molecule is CCCNS(=O)(=O)c1ccc2c(c1)SCCN2C(C)=O. The molecule has 0 aliphatic carbocycles. The molecule has 0 atom stereocenters. The summed E-state index contributed by atoms with van der Waals surface area (Å²) in [6.07, 6.45) is 0.747. The van der Waals surface area contributed by atoms with Crippen molar-refractivity contribution < 1.29 is 13.2 Å². The molecular weight excluding hydrogens is 296 g/mol. The fourth-order valence-corrected chi connectivity index (χ4v) is 4.28. The zero-order valence-corrected chi connectivity index (χ0v) is 13.2. The highest BCUT2D eigenvalue weighted by Gasteiger charge is 2.23. The number of hydrogen-bond acceptors (Lipinski definition) is 4. The maximum atomic E-state index is 12.1. The van der Waals surface area contributed by atoms with Crippen LogP contribution in [0.1, 0.15) is 20.3 Å². The number of thioether (sulfide) groups is 1. The van der Waals surface area contributed by atoms with Crippen molar-refractivity contribution in [2.45, 2.75) is 30.1 Å². The van der Waals surface area contributed by atoms with Crippen LogP contribution >= 0.6 is 11.8 Å². The highest BCUT2D eigenvalue weighted by atomic mass is 32.2. The van der Waals surface area contributed by atoms with E-state index in [2.05, 4.69) is 4.72 Å². The topological polar surface area (TPSA) is 66.5 Å². The molecule has 0 unspecified atom stereocenters. The standard InChI is InChI=1S/C13H18N2O3S2/c1-3-6-14-20(17,18)11-4-5-12-13(9-11)19-8-7-15(12)10(2)16/h4-5,9,14H,3,6-8H2,1-2H3. The van der Waals surface area contributed by atoms with Gasteiger partial charge in [-0.15, -0.1) is 11.8 Å². The average Bonchev–Trinajstić information content (AvgIpc) is 2.43. The van der Waals surface area contributed by atoms with Crippen LogP contribution in [0.3, 0.4) is 0 Å². The summed E-state index contributed by atoms with van der Waals surface area (Å²) in [4.78, 5) is 14.3. The van der Waals surface area contributed by atoms with Crippen LogP contribution in [0.2, 0.25) is 0 Å². The van der Waals surface area contributed by atoms with Crippen molar-refractivity contribution in [3.8, 4) is 0 Å². The van der Waals surface area contributed by atoms with E-state index in [1.165, 1.54) is 6.92 Å². The van der Waals surface area contributed by atoms with Gasteiger partial charge in [0.25, 0.3) is 0 Å². The van der Waals surface area contributed by atoms with Gasteiger partial charge >= 0.3 is 0 Å². The molecule has 1 amide bonds. The Bertz CT molecular complexity index is 614. The molecule has 1 N–H and O–H groups in total. The maximum absolute atomic E-state index is 12.1. The summed E-state index contributed by atoms with van der Waals surface area (Å²) < 4.78 is 26.7. The Labute approximate surface area is 123 Å². The number of carbonyl (C=O) groups excluding carboxylic acids is 1. The van der Waals surface area contributed by atoms with Gasteiger partial charge in [-0.3, -0.25) is 4.79 Å². The number of fused-ring (bicyclic) bond motifs is 1. The number of rotatable bonds is 4. The number of nitrogens with one attached hydrogen (secondary N) is 1. The first kappa shape index (κ1) is 15.3. The second-order valence-electron chi connectivity index (χ2n) is 4.55. The van der Waals surface area contributed by atoms with Gasteiger partial charge < -0.3 is 4.90 Å². The first-order chi connectivity index (χ1) is 9.45. The summed E-state index contributed by atoms with van der Waals surface area (Å²) in [6, 6.07) is 4.91. The number of amides is 1. The molecule has 1 aliphatic rings. The molecule has 0 saturated carbocycles. The molecule has 1 heterocycles. The molecule has 5 nitrogen and oxygen atoms in total. The van der Waals surface area contributed by atoms with Crippen molar-refractivity contribution in [1.82, 2.24) is 4.72 Å². The van der Waals surface area contributed by atoms with E-state index in [0.717, 1.165) is 22.8 Å². The monoisotopic (exact) mass is 314 g/mol. The summed E-state index contributed by atoms with van der Waals surface area (Å²) >= 11 is 1.58. The molecule has 0 fully saturated rings. The predicted octanol–water partition coefficient (Wildman–Crippen LogP) is 1.83. The lowest BCUT2D eigenvalue weighted by Crippen LogP contribution is -2.33. The molecule has 20 heavy (non-hydrogen) atoms. The van der Waals surface area contributed by atoms with Gasteiger partial charge in [0, 0.05) is 30.7 Å². The Kier molecular flexibility index (Phi) is 4.72. The van der Waals surface area contributed by atoms with Crippen molar-refractivity contribution in [1.29, 1.82) is 0 Å². The molecule has 0 bridgehead atoms. The second-order valence-corrected chi connectivity index (χ2v) is 7.45. The molecule has 0 spiro atoms. The van der Waals surface area contributed by atoms with E-state index >= 15 is 0 Å². The first-order valence-corrected chi connectivity index (χ1v) is 8.97. The van der Waals surface area contributed by atoms with Gasteiger partial charge in [-0.2, -0.15) is 0 Å². The Morgan fingerprint density at radius 3 is 2.85 bits per heavy atom. The Hall–Kier alpha value is -1.05. The van der Waals surface area contributed by atoms with Gasteiger partial charge in [0.05, 0.1) is 10.6 Å². The van der Waals surface area contributed by atoms with E-state index in [1.807, 2.05) is 6.92 Å². The van der Waals surface area contributed by atoms with Gasteiger partial charge in [-0.05, 0) is 24.6 Å². The summed E-state index contributed by atoms with van der Waals surface area (Å²) in [5.74, 6) is 0.754. The number of hydrogen-bond donors (Lipinski definition) is 1. The van der Waals surface area contributed by atoms with Gasteiger partial charge in [-0.1, -0.05) is 6.92 Å². The minimum atomic E-state index is -3.46. The number of anilines is 1. The lowest BCUT2D eigenvalue weighted by atomic mass is 10.2. The van der Waals surface area contributed by atoms with Gasteiger partial charge in [0.2, 0.25) is 15.9 Å². The number of sulfonamides is 1. The third kappa shape index (κ3) is 3.16. The van der Waals surface area contributed by atoms with Crippen LogP contribution < -0.4 is 9.62 Å². The largest absolute Gasteiger partial charge is 0.311 e. The van der Waals surface area contributed by atoms with Crippen molar-refractivity contribution in [3.63, 3.8) is 0 Å². The summed E-state index contributed by atoms with van der Waals surface area (Å²) in [7, 11) is -3.46. The molecule has 2 rings (SSSR count). The van der Waals surface area contributed by atoms with E-state index in [-0.39, 0.29) is 10.8 Å². The lowest BCUT2D eigenvalue weighted by molar-refractivity contribution is -0.116. The van der Waals surface area contributed by atoms with E-state index in [0.29, 0.717) is 13.1 Å². The summed E-state index contributed by atoms with van der Waals surface area (Å²) in [5, 5.41) is 0. The fraction of sp³-hybridized carbons (Fsp3) is 0.462. The van der Waals surface area contributed by atoms with Crippen molar-refractivity contribution in [3.05, 3.63) is 18.2 Å². The van der Waals surface area contributed by atoms with Crippen LogP contribution in [0.4, 0.5) is 5.69 Å². The van der Waals surface area contributed by atoms with Crippen LogP contribution in [-0.2, 0) is 14.8 Å². The number of carbonyl (C=O) groups is 1. The third-order valence-corrected chi connectivity index (χ3v) is 5.51. The molecule has 7 heteroatoms. The molecule has 110 valence electrons. The molecule has 0 saturated heterocycles. The highest BCUT2D eigenvalue weighted by Crippen LogP contribution is 2.36. The molecule has 0 aromatic heterocycles. The van der Waals surface area contributed by atoms with Gasteiger partial charge in [-0.25, -0.2) is 13.1 Å². The van der Waals surface area contributed by atoms with E-state index in [1.54, 1.807) is 34.9 Å². The fourth-order valence-electron chi connectivity index (χ4n) is 2.01. The van der Waals surface area contributed by atoms with Crippen LogP contribution in [0.25, 0.3) is 0 Å². The Morgan fingerprint density at radius 1 is 1.45 bits per heavy atom. The lowest BCUT2D eigenvalue weighted by Gasteiger charge is -2.28. The molecule has 1 aliphatic heterocycles. The normalized spacial score (nSPS) is 15.0. The zero-order valence-electron chi connectivity index (χ0n) is 11.5. The summed E-state index contributed by atoms with van der Waals surface area (Å²) in [5.41, 5.74) is 0.795. The van der Waals surface area contributed by atoms with Crippen LogP contribution in [0.5, 0.6) is 0 Å². The molecule has 0 radical (unpaired) electrons. The smallest absolute Gasteiger partial charge is 0.240 e.